The van der Waals surface area contributed by atoms with Gasteiger partial charge in [0.25, 0.3) is 0 Å². The predicted octanol–water partition coefficient (Wildman–Crippen LogP) is 18.7. The number of aromatic amines is 2. The molecule has 0 radical (unpaired) electrons. The maximum atomic E-state index is 12.1. The number of aryl methyl sites for hydroxylation is 8. The topological polar surface area (TPSA) is 243 Å². The number of ether oxygens (including phenoxy) is 5. The number of hydrogen-bond acceptors (Lipinski definition) is 11. The molecule has 0 aliphatic heterocycles. The van der Waals surface area contributed by atoms with E-state index in [1.54, 1.807) is 71.3 Å². The number of carboxylic acid groups (broad SMARTS) is 2. The van der Waals surface area contributed by atoms with Crippen molar-refractivity contribution >= 4 is 195 Å². The molecule has 100 heavy (non-hydrogen) atoms. The number of fused-ring (bicyclic) bond motifs is 4. The molecule has 0 saturated heterocycles. The first kappa shape index (κ1) is 86.6. The Bertz CT molecular complexity index is 4590. The van der Waals surface area contributed by atoms with Crippen LogP contribution in [0.2, 0.25) is 35.2 Å². The first-order valence-corrected chi connectivity index (χ1v) is 36.4. The summed E-state index contributed by atoms with van der Waals surface area (Å²) in [5.74, 6) is -0.192. The van der Waals surface area contributed by atoms with Crippen molar-refractivity contribution in [3.05, 3.63) is 225 Å². The average Bonchev–Trinajstić information content (AvgIpc) is 1.64. The third-order valence-electron chi connectivity index (χ3n) is 14.5. The number of carbonyl (C=O) groups is 4. The molecule has 4 aromatic heterocycles. The normalized spacial score (nSPS) is 10.5. The van der Waals surface area contributed by atoms with Gasteiger partial charge in [-0.2, -0.15) is 0 Å². The van der Waals surface area contributed by atoms with Gasteiger partial charge in [-0.05, 0) is 228 Å². The van der Waals surface area contributed by atoms with Crippen molar-refractivity contribution in [3.8, 4) is 17.2 Å². The van der Waals surface area contributed by atoms with Gasteiger partial charge < -0.3 is 58.5 Å². The number of benzene rings is 7. The Kier molecular flexibility index (Phi) is 36.4. The van der Waals surface area contributed by atoms with Crippen molar-refractivity contribution in [3.63, 3.8) is 0 Å². The number of alkyl halides is 1. The summed E-state index contributed by atoms with van der Waals surface area (Å²) in [5, 5.41) is 27.4. The fraction of sp³-hybridized carbons (Fsp3) is 0.239. The van der Waals surface area contributed by atoms with E-state index in [0.717, 1.165) is 134 Å². The minimum atomic E-state index is -1.67. The number of carboxylic acids is 2. The first-order valence-electron chi connectivity index (χ1n) is 29.8. The number of H-pyrrole nitrogens is 2. The van der Waals surface area contributed by atoms with Crippen molar-refractivity contribution in [1.82, 2.24) is 19.1 Å². The summed E-state index contributed by atoms with van der Waals surface area (Å²) < 4.78 is 39.6. The molecule has 0 aliphatic carbocycles. The van der Waals surface area contributed by atoms with Crippen LogP contribution in [-0.2, 0) is 31.8 Å². The van der Waals surface area contributed by atoms with Gasteiger partial charge in [-0.1, -0.05) is 97.1 Å². The number of nitrogens with zero attached hydrogens (tertiary/aromatic N) is 2. The second kappa shape index (κ2) is 42.1. The van der Waals surface area contributed by atoms with E-state index in [9.17, 15) is 24.3 Å². The second-order valence-electron chi connectivity index (χ2n) is 21.8. The number of halogens is 10. The Balaban J connectivity index is 0.000000269. The minimum absolute atomic E-state index is 0. The molecule has 11 aromatic rings. The molecule has 528 valence electrons. The van der Waals surface area contributed by atoms with Gasteiger partial charge in [-0.25, -0.2) is 23.4 Å². The van der Waals surface area contributed by atoms with Crippen LogP contribution in [0.3, 0.4) is 0 Å². The van der Waals surface area contributed by atoms with Gasteiger partial charge >= 0.3 is 53.4 Å². The second-order valence-corrected chi connectivity index (χ2v) is 28.0. The number of carbonyl (C=O) groups excluding carboxylic acids is 2. The molecule has 0 atom stereocenters. The first-order chi connectivity index (χ1) is 46.5. The van der Waals surface area contributed by atoms with Crippen molar-refractivity contribution in [1.29, 1.82) is 0 Å². The summed E-state index contributed by atoms with van der Waals surface area (Å²) in [7, 11) is 10.1. The van der Waals surface area contributed by atoms with Crippen LogP contribution in [0.5, 0.6) is 17.2 Å². The minimum Gasteiger partial charge on any atom is -0.870 e. The van der Waals surface area contributed by atoms with Gasteiger partial charge in [0, 0.05) is 119 Å². The predicted molar refractivity (Wildman–Crippen MR) is 406 cm³/mol. The van der Waals surface area contributed by atoms with Gasteiger partial charge in [0.05, 0.1) is 34.0 Å². The van der Waals surface area contributed by atoms with E-state index in [0.29, 0.717) is 64.2 Å². The number of nitrogens with one attached hydrogen (secondary N) is 2. The van der Waals surface area contributed by atoms with Crippen molar-refractivity contribution < 1.29 is 92.3 Å². The standard InChI is InChI=1S/C21H21Cl2NO3.C20H19Cl2NO3.C11H14BrClO.C10H8ClNO2.C9H6ClNO2.Cl2OS.Na.H2O/c1-13-9-17(10-14(2)20(13)23)27-8-4-7-24-18-6-5-16(22)11-15(18)12-19(24)21(25)26-3;1-12-8-16(9-13(2)19(12)22)26-7-3-6-23-17-5-4-15(21)10-14(17)11-18(23)20(24)25;1-8-6-10(14-5-3-4-12)7-9(2)11(8)13;1-14-10(13)9-5-6-4-7(11)2-3-8(6)12-9;10-6-1-2-7-5(3-6)4-8(11-7)9(12)13;1-4(2)3;;/h5-6,9-12H,4,7-8H2,1-3H3;4-5,8-11H,3,6-7H2,1-2H3,(H,24,25);6-7H,3-5H2,1-2H3;2-5,12H,1H3;1-4,11H,(H,12,13);;;1H2/q;;;;;;+1;/p-1. The molecule has 11 rings (SSSR count). The smallest absolute Gasteiger partial charge is 0.870 e. The largest absolute Gasteiger partial charge is 1.00 e. The molecule has 0 bridgehead atoms. The third kappa shape index (κ3) is 25.6. The number of esters is 2. The van der Waals surface area contributed by atoms with Crippen LogP contribution < -0.4 is 43.8 Å². The Hall–Kier alpha value is -5.82. The quantitative estimate of drug-likeness (QED) is 0.0206. The van der Waals surface area contributed by atoms with Crippen LogP contribution in [0, 0.1) is 41.5 Å². The molecule has 0 aliphatic rings. The molecular formula is C71H69BrCl9N4NaO13S. The van der Waals surface area contributed by atoms with Crippen LogP contribution in [-0.4, -0.2) is 102 Å². The van der Waals surface area contributed by atoms with E-state index in [2.05, 4.69) is 52.0 Å². The number of hydrogen-bond donors (Lipinski definition) is 4. The number of aromatic carboxylic acids is 2. The van der Waals surface area contributed by atoms with Crippen LogP contribution in [0.4, 0.5) is 0 Å². The van der Waals surface area contributed by atoms with Gasteiger partial charge in [-0.15, -0.1) is 0 Å². The number of aromatic nitrogens is 4. The molecule has 0 fully saturated rings. The Morgan fingerprint density at radius 3 is 1.12 bits per heavy atom. The van der Waals surface area contributed by atoms with E-state index in [-0.39, 0.29) is 58.4 Å². The van der Waals surface area contributed by atoms with Gasteiger partial charge in [-0.3, -0.25) is 0 Å². The van der Waals surface area contributed by atoms with Crippen LogP contribution in [0.25, 0.3) is 43.6 Å². The van der Waals surface area contributed by atoms with E-state index < -0.39 is 21.2 Å². The maximum absolute atomic E-state index is 12.1. The summed E-state index contributed by atoms with van der Waals surface area (Å²) in [5.41, 5.74) is 10.9. The zero-order valence-corrected chi connectivity index (χ0v) is 66.8. The zero-order chi connectivity index (χ0) is 72.1. The molecule has 0 amide bonds. The van der Waals surface area contributed by atoms with Crippen molar-refractivity contribution in [2.45, 2.75) is 73.9 Å². The van der Waals surface area contributed by atoms with E-state index in [1.165, 1.54) is 14.2 Å². The van der Waals surface area contributed by atoms with Crippen LogP contribution in [0.1, 0.15) is 94.6 Å². The van der Waals surface area contributed by atoms with E-state index >= 15 is 0 Å². The SMILES string of the molecule is COC(=O)c1cc2cc(Cl)ccc2[nH]1.COC(=O)c1cc2cc(Cl)ccc2n1CCCOc1cc(C)c(Cl)c(C)c1.Cc1cc(OCCCBr)cc(C)c1Cl.Cc1cc(OCCCn2c(C(=O)O)cc3cc(Cl)ccc32)cc(C)c1Cl.O=C(O)c1cc2cc(Cl)ccc2[nH]1.O=S(Cl)Cl.[Na+].[OH-]. The molecule has 0 spiro atoms. The Morgan fingerprint density at radius 2 is 0.770 bits per heavy atom. The number of methoxy groups -OCH3 is 2. The van der Waals surface area contributed by atoms with Crippen molar-refractivity contribution in [2.24, 2.45) is 0 Å². The summed E-state index contributed by atoms with van der Waals surface area (Å²) in [6.07, 6.45) is 2.42. The average molecular weight is 1640 g/mol. The fourth-order valence-electron chi connectivity index (χ4n) is 10.00. The third-order valence-corrected chi connectivity index (χ3v) is 17.8. The monoisotopic (exact) mass is 1630 g/mol. The summed E-state index contributed by atoms with van der Waals surface area (Å²) in [6, 6.07) is 39.9. The van der Waals surface area contributed by atoms with Gasteiger partial charge in [0.1, 0.15) is 40.0 Å². The molecule has 17 nitrogen and oxygen atoms in total. The molecule has 0 unspecified atom stereocenters. The molecule has 0 saturated carbocycles. The summed E-state index contributed by atoms with van der Waals surface area (Å²) in [4.78, 5) is 51.1. The molecule has 29 heteroatoms. The molecule has 4 heterocycles. The Labute approximate surface area is 655 Å². The van der Waals surface area contributed by atoms with E-state index in [4.69, 9.17) is 109 Å². The molecular weight excluding hydrogens is 1570 g/mol. The van der Waals surface area contributed by atoms with Crippen LogP contribution in [0.15, 0.2) is 133 Å². The summed E-state index contributed by atoms with van der Waals surface area (Å²) >= 11 is 45.4. The van der Waals surface area contributed by atoms with E-state index in [1.807, 2.05) is 113 Å². The Morgan fingerprint density at radius 1 is 0.450 bits per heavy atom. The van der Waals surface area contributed by atoms with Crippen molar-refractivity contribution in [2.75, 3.05) is 39.4 Å². The summed E-state index contributed by atoms with van der Waals surface area (Å²) in [6.45, 7) is 14.7. The van der Waals surface area contributed by atoms with Gasteiger partial charge in [0.2, 0.25) is 9.23 Å². The maximum Gasteiger partial charge on any atom is 1.00 e. The molecule has 7 aromatic carbocycles. The van der Waals surface area contributed by atoms with Gasteiger partial charge in [0.15, 0.2) is 0 Å². The number of rotatable bonds is 18. The molecule has 5 N–H and O–H groups in total. The fourth-order valence-corrected chi connectivity index (χ4v) is 11.3. The van der Waals surface area contributed by atoms with Crippen LogP contribution >= 0.6 is 119 Å². The zero-order valence-electron chi connectivity index (χ0n) is 55.6.